The highest BCUT2D eigenvalue weighted by atomic mass is 35.5. The normalized spacial score (nSPS) is 8.77. The van der Waals surface area contributed by atoms with E-state index in [2.05, 4.69) is 4.98 Å². The van der Waals surface area contributed by atoms with E-state index in [1.807, 2.05) is 5.43 Å². The minimum Gasteiger partial charge on any atom is -0.326 e. The van der Waals surface area contributed by atoms with Gasteiger partial charge in [-0.15, -0.1) is 12.4 Å². The average Bonchev–Trinajstić information content (AvgIpc) is 2.03. The molecule has 1 aromatic rings. The van der Waals surface area contributed by atoms with Gasteiger partial charge in [-0.1, -0.05) is 0 Å². The molecule has 0 aliphatic heterocycles. The molecule has 0 saturated heterocycles. The first-order valence-corrected chi connectivity index (χ1v) is 3.36. The molecule has 1 amide bonds. The van der Waals surface area contributed by atoms with Gasteiger partial charge in [0.15, 0.2) is 0 Å². The largest absolute Gasteiger partial charge is 0.326 e. The minimum absolute atomic E-state index is 0. The molecule has 1 heterocycles. The van der Waals surface area contributed by atoms with Crippen LogP contribution in [0.4, 0.5) is 0 Å². The monoisotopic (exact) mass is 203 g/mol. The van der Waals surface area contributed by atoms with Crippen LogP contribution in [0.1, 0.15) is 16.1 Å². The van der Waals surface area contributed by atoms with Crippen molar-refractivity contribution in [3.05, 3.63) is 33.7 Å². The van der Waals surface area contributed by atoms with Gasteiger partial charge >= 0.3 is 0 Å². The summed E-state index contributed by atoms with van der Waals surface area (Å²) in [6, 6.07) is 3.06. The first-order valence-electron chi connectivity index (χ1n) is 3.36. The lowest BCUT2D eigenvalue weighted by molar-refractivity contribution is 0.0952. The molecule has 0 spiro atoms. The zero-order valence-electron chi connectivity index (χ0n) is 6.96. The van der Waals surface area contributed by atoms with Gasteiger partial charge in [-0.05, 0) is 19.1 Å². The molecular weight excluding hydrogens is 194 g/mol. The van der Waals surface area contributed by atoms with Gasteiger partial charge in [0.05, 0.1) is 0 Å². The molecule has 1 aromatic heterocycles. The maximum Gasteiger partial charge on any atom is 0.270 e. The summed E-state index contributed by atoms with van der Waals surface area (Å²) in [6.45, 7) is 1.73. The number of aromatic amines is 1. The average molecular weight is 204 g/mol. The van der Waals surface area contributed by atoms with Crippen LogP contribution in [0.2, 0.25) is 0 Å². The van der Waals surface area contributed by atoms with Gasteiger partial charge in [-0.2, -0.15) is 0 Å². The van der Waals surface area contributed by atoms with E-state index >= 15 is 0 Å². The summed E-state index contributed by atoms with van der Waals surface area (Å²) in [7, 11) is 0. The lowest BCUT2D eigenvalue weighted by Crippen LogP contribution is -2.34. The smallest absolute Gasteiger partial charge is 0.270 e. The number of carbonyl (C=O) groups excluding carboxylic acids is 1. The molecule has 0 atom stereocenters. The number of hydrazine groups is 1. The standard InChI is InChI=1S/C7H9N3O2.ClH/c1-4-2-3-5(6(11)9-4)7(12)10-8;/h2-3H,8H2,1H3,(H,9,11)(H,10,12);1H. The Morgan fingerprint density at radius 1 is 1.54 bits per heavy atom. The first kappa shape index (κ1) is 11.7. The van der Waals surface area contributed by atoms with Crippen LogP contribution in [0.25, 0.3) is 0 Å². The molecular formula is C7H10ClN3O2. The number of rotatable bonds is 1. The number of nitrogen functional groups attached to an aromatic ring is 1. The predicted octanol–water partition coefficient (Wildman–Crippen LogP) is -0.291. The number of aryl methyl sites for hydroxylation is 1. The van der Waals surface area contributed by atoms with Gasteiger partial charge in [0.1, 0.15) is 5.56 Å². The molecule has 1 rings (SSSR count). The van der Waals surface area contributed by atoms with Crippen LogP contribution < -0.4 is 16.8 Å². The Kier molecular flexibility index (Phi) is 4.16. The number of carbonyl (C=O) groups is 1. The van der Waals surface area contributed by atoms with Gasteiger partial charge in [0.25, 0.3) is 11.5 Å². The highest BCUT2D eigenvalue weighted by Crippen LogP contribution is 1.91. The van der Waals surface area contributed by atoms with Gasteiger partial charge in [-0.3, -0.25) is 15.0 Å². The lowest BCUT2D eigenvalue weighted by atomic mass is 10.2. The second-order valence-corrected chi connectivity index (χ2v) is 2.36. The van der Waals surface area contributed by atoms with Crippen molar-refractivity contribution >= 4 is 18.3 Å². The summed E-state index contributed by atoms with van der Waals surface area (Å²) in [6.07, 6.45) is 0. The van der Waals surface area contributed by atoms with Gasteiger partial charge in [-0.25, -0.2) is 5.84 Å². The van der Waals surface area contributed by atoms with Crippen LogP contribution in [0.15, 0.2) is 16.9 Å². The number of hydrogen-bond donors (Lipinski definition) is 3. The number of hydrogen-bond acceptors (Lipinski definition) is 3. The quantitative estimate of drug-likeness (QED) is 0.333. The Balaban J connectivity index is 0.00000144. The van der Waals surface area contributed by atoms with E-state index in [0.29, 0.717) is 5.69 Å². The van der Waals surface area contributed by atoms with Crippen molar-refractivity contribution in [1.82, 2.24) is 10.4 Å². The van der Waals surface area contributed by atoms with Crippen molar-refractivity contribution in [1.29, 1.82) is 0 Å². The van der Waals surface area contributed by atoms with Crippen molar-refractivity contribution in [3.8, 4) is 0 Å². The summed E-state index contributed by atoms with van der Waals surface area (Å²) in [5, 5.41) is 0. The van der Waals surface area contributed by atoms with Gasteiger partial charge < -0.3 is 4.98 Å². The minimum atomic E-state index is -0.587. The second kappa shape index (κ2) is 4.64. The third kappa shape index (κ3) is 2.57. The fourth-order valence-corrected chi connectivity index (χ4v) is 0.829. The molecule has 0 radical (unpaired) electrons. The zero-order chi connectivity index (χ0) is 9.14. The maximum absolute atomic E-state index is 11.1. The molecule has 0 saturated carbocycles. The number of nitrogens with two attached hydrogens (primary N) is 1. The number of pyridine rings is 1. The summed E-state index contributed by atoms with van der Waals surface area (Å²) in [5.74, 6) is 4.27. The molecule has 0 aliphatic carbocycles. The molecule has 0 aliphatic rings. The highest BCUT2D eigenvalue weighted by molar-refractivity contribution is 5.93. The van der Waals surface area contributed by atoms with Gasteiger partial charge in [0.2, 0.25) is 0 Å². The van der Waals surface area contributed by atoms with E-state index in [9.17, 15) is 9.59 Å². The number of amides is 1. The maximum atomic E-state index is 11.1. The Morgan fingerprint density at radius 3 is 2.62 bits per heavy atom. The van der Waals surface area contributed by atoms with Gasteiger partial charge in [0, 0.05) is 5.69 Å². The van der Waals surface area contributed by atoms with Crippen LogP contribution in [0.5, 0.6) is 0 Å². The Bertz CT molecular complexity index is 361. The van der Waals surface area contributed by atoms with E-state index in [4.69, 9.17) is 5.84 Å². The fraction of sp³-hybridized carbons (Fsp3) is 0.143. The molecule has 0 fully saturated rings. The molecule has 5 nitrogen and oxygen atoms in total. The molecule has 72 valence electrons. The number of aromatic nitrogens is 1. The predicted molar refractivity (Wildman–Crippen MR) is 50.7 cm³/mol. The van der Waals surface area contributed by atoms with Crippen molar-refractivity contribution in [2.45, 2.75) is 6.92 Å². The van der Waals surface area contributed by atoms with Crippen molar-refractivity contribution < 1.29 is 4.79 Å². The van der Waals surface area contributed by atoms with E-state index < -0.39 is 11.5 Å². The van der Waals surface area contributed by atoms with Crippen LogP contribution in [0, 0.1) is 6.92 Å². The van der Waals surface area contributed by atoms with E-state index in [1.165, 1.54) is 6.07 Å². The summed E-state index contributed by atoms with van der Waals surface area (Å²) in [5.41, 5.74) is 2.17. The Morgan fingerprint density at radius 2 is 2.15 bits per heavy atom. The molecule has 0 unspecified atom stereocenters. The molecule has 4 N–H and O–H groups in total. The number of H-pyrrole nitrogens is 1. The Labute approximate surface area is 80.7 Å². The second-order valence-electron chi connectivity index (χ2n) is 2.36. The first-order chi connectivity index (χ1) is 5.65. The fourth-order valence-electron chi connectivity index (χ4n) is 0.829. The van der Waals surface area contributed by atoms with Crippen molar-refractivity contribution in [2.75, 3.05) is 0 Å². The molecule has 0 bridgehead atoms. The zero-order valence-corrected chi connectivity index (χ0v) is 7.77. The van der Waals surface area contributed by atoms with Crippen LogP contribution in [0.3, 0.4) is 0 Å². The van der Waals surface area contributed by atoms with Crippen molar-refractivity contribution in [2.24, 2.45) is 5.84 Å². The number of nitrogens with one attached hydrogen (secondary N) is 2. The third-order valence-corrected chi connectivity index (χ3v) is 1.43. The molecule has 0 aromatic carbocycles. The van der Waals surface area contributed by atoms with E-state index in [0.717, 1.165) is 0 Å². The number of halogens is 1. The lowest BCUT2D eigenvalue weighted by Gasteiger charge is -1.97. The van der Waals surface area contributed by atoms with Crippen LogP contribution in [-0.4, -0.2) is 10.9 Å². The van der Waals surface area contributed by atoms with Crippen molar-refractivity contribution in [3.63, 3.8) is 0 Å². The highest BCUT2D eigenvalue weighted by Gasteiger charge is 2.07. The van der Waals surface area contributed by atoms with E-state index in [1.54, 1.807) is 13.0 Å². The van der Waals surface area contributed by atoms with E-state index in [-0.39, 0.29) is 18.0 Å². The molecule has 13 heavy (non-hydrogen) atoms. The summed E-state index contributed by atoms with van der Waals surface area (Å²) < 4.78 is 0. The Hall–Kier alpha value is -1.33. The van der Waals surface area contributed by atoms with Crippen LogP contribution >= 0.6 is 12.4 Å². The summed E-state index contributed by atoms with van der Waals surface area (Å²) in [4.78, 5) is 24.4. The topological polar surface area (TPSA) is 88.0 Å². The van der Waals surface area contributed by atoms with Crippen LogP contribution in [-0.2, 0) is 0 Å². The summed E-state index contributed by atoms with van der Waals surface area (Å²) >= 11 is 0. The SMILES string of the molecule is Cc1ccc(C(=O)NN)c(=O)[nH]1.Cl. The molecule has 6 heteroatoms. The third-order valence-electron chi connectivity index (χ3n) is 1.43.